The van der Waals surface area contributed by atoms with Crippen LogP contribution in [0, 0.1) is 5.82 Å². The van der Waals surface area contributed by atoms with Crippen molar-refractivity contribution in [1.82, 2.24) is 19.4 Å². The van der Waals surface area contributed by atoms with Crippen LogP contribution in [-0.4, -0.2) is 66.0 Å². The molecule has 1 fully saturated rings. The number of nitrogens with zero attached hydrogens (tertiary/aromatic N) is 4. The summed E-state index contributed by atoms with van der Waals surface area (Å²) in [4.78, 5) is 24.8. The van der Waals surface area contributed by atoms with Crippen LogP contribution in [0.5, 0.6) is 0 Å². The Balaban J connectivity index is 1.65. The van der Waals surface area contributed by atoms with E-state index in [1.807, 2.05) is 18.6 Å². The van der Waals surface area contributed by atoms with Crippen LogP contribution < -0.4 is 15.6 Å². The molecule has 3 heterocycles. The van der Waals surface area contributed by atoms with E-state index in [9.17, 15) is 30.8 Å². The van der Waals surface area contributed by atoms with Gasteiger partial charge in [0.2, 0.25) is 16.0 Å². The number of hydrogen-bond acceptors (Lipinski definition) is 7. The summed E-state index contributed by atoms with van der Waals surface area (Å²) in [6.07, 6.45) is -2.77. The standard InChI is InChI=1S/C25H30F4N6O3S/c1-15(2)35-22-17(14-30-24(32-22)31-18-6-9-34(3)10-7-18)12-19(23(35)36)16-4-5-21(20(26)13-16)33-39(37,38)11-8-25(27,28)29/h4-5,12-15,18,33H,6-11H2,1-3H3,(H,30,31,32). The van der Waals surface area contributed by atoms with E-state index >= 15 is 0 Å². The fourth-order valence-corrected chi connectivity index (χ4v) is 5.55. The quantitative estimate of drug-likeness (QED) is 0.387. The highest BCUT2D eigenvalue weighted by Gasteiger charge is 2.30. The Morgan fingerprint density at radius 3 is 2.46 bits per heavy atom. The van der Waals surface area contributed by atoms with E-state index in [2.05, 4.69) is 27.2 Å². The van der Waals surface area contributed by atoms with Gasteiger partial charge in [-0.05, 0) is 70.6 Å². The molecule has 0 unspecified atom stereocenters. The van der Waals surface area contributed by atoms with Gasteiger partial charge < -0.3 is 10.2 Å². The summed E-state index contributed by atoms with van der Waals surface area (Å²) in [6, 6.07) is 4.82. The smallest absolute Gasteiger partial charge is 0.351 e. The van der Waals surface area contributed by atoms with E-state index in [0.29, 0.717) is 17.0 Å². The molecule has 9 nitrogen and oxygen atoms in total. The van der Waals surface area contributed by atoms with Gasteiger partial charge in [-0.25, -0.2) is 17.8 Å². The molecule has 1 aliphatic rings. The Morgan fingerprint density at radius 1 is 1.15 bits per heavy atom. The van der Waals surface area contributed by atoms with E-state index in [1.54, 1.807) is 6.20 Å². The van der Waals surface area contributed by atoms with Crippen LogP contribution in [0.3, 0.4) is 0 Å². The topological polar surface area (TPSA) is 109 Å². The summed E-state index contributed by atoms with van der Waals surface area (Å²) in [7, 11) is -2.37. The van der Waals surface area contributed by atoms with Gasteiger partial charge in [0.15, 0.2) is 0 Å². The molecule has 0 radical (unpaired) electrons. The summed E-state index contributed by atoms with van der Waals surface area (Å²) in [5, 5.41) is 3.89. The Bertz CT molecular complexity index is 1520. The highest BCUT2D eigenvalue weighted by Crippen LogP contribution is 2.27. The van der Waals surface area contributed by atoms with Gasteiger partial charge in [0.05, 0.1) is 17.9 Å². The molecule has 4 rings (SSSR count). The average molecular weight is 571 g/mol. The molecule has 0 bridgehead atoms. The van der Waals surface area contributed by atoms with E-state index in [0.717, 1.165) is 38.1 Å². The molecule has 1 aromatic carbocycles. The van der Waals surface area contributed by atoms with Crippen LogP contribution in [0.4, 0.5) is 29.2 Å². The number of aromatic nitrogens is 3. The molecule has 1 saturated heterocycles. The molecule has 212 valence electrons. The Hall–Kier alpha value is -3.26. The zero-order valence-electron chi connectivity index (χ0n) is 21.7. The molecule has 2 aromatic heterocycles. The van der Waals surface area contributed by atoms with Gasteiger partial charge in [0, 0.05) is 29.2 Å². The van der Waals surface area contributed by atoms with E-state index in [4.69, 9.17) is 0 Å². The zero-order valence-corrected chi connectivity index (χ0v) is 22.5. The largest absolute Gasteiger partial charge is 0.390 e. The van der Waals surface area contributed by atoms with Crippen molar-refractivity contribution >= 4 is 32.7 Å². The molecular formula is C25H30F4N6O3S. The van der Waals surface area contributed by atoms with Crippen LogP contribution in [0.15, 0.2) is 35.3 Å². The van der Waals surface area contributed by atoms with Crippen molar-refractivity contribution < 1.29 is 26.0 Å². The minimum absolute atomic E-state index is 0.140. The van der Waals surface area contributed by atoms with Crippen molar-refractivity contribution in [2.75, 3.05) is 35.9 Å². The van der Waals surface area contributed by atoms with Crippen LogP contribution in [0.25, 0.3) is 22.2 Å². The number of piperidine rings is 1. The number of halogens is 4. The predicted molar refractivity (Wildman–Crippen MR) is 142 cm³/mol. The van der Waals surface area contributed by atoms with Crippen molar-refractivity contribution in [3.63, 3.8) is 0 Å². The number of rotatable bonds is 8. The molecule has 3 aromatic rings. The molecule has 1 aliphatic heterocycles. The maximum absolute atomic E-state index is 14.9. The van der Waals surface area contributed by atoms with Crippen LogP contribution in [-0.2, 0) is 10.0 Å². The van der Waals surface area contributed by atoms with Crippen LogP contribution >= 0.6 is 0 Å². The van der Waals surface area contributed by atoms with Gasteiger partial charge in [-0.1, -0.05) is 6.07 Å². The molecule has 0 amide bonds. The number of hydrogen-bond donors (Lipinski definition) is 2. The number of pyridine rings is 1. The average Bonchev–Trinajstić information content (AvgIpc) is 2.84. The van der Waals surface area contributed by atoms with E-state index in [1.165, 1.54) is 16.7 Å². The van der Waals surface area contributed by atoms with Crippen molar-refractivity contribution in [2.45, 2.75) is 51.4 Å². The number of anilines is 2. The lowest BCUT2D eigenvalue weighted by molar-refractivity contribution is -0.129. The van der Waals surface area contributed by atoms with Crippen LogP contribution in [0.1, 0.15) is 39.2 Å². The zero-order chi connectivity index (χ0) is 28.5. The highest BCUT2D eigenvalue weighted by molar-refractivity contribution is 7.92. The van der Waals surface area contributed by atoms with Crippen molar-refractivity contribution in [2.24, 2.45) is 0 Å². The molecule has 0 spiro atoms. The van der Waals surface area contributed by atoms with Gasteiger partial charge in [-0.2, -0.15) is 18.2 Å². The summed E-state index contributed by atoms with van der Waals surface area (Å²) in [5.74, 6) is -1.87. The monoisotopic (exact) mass is 570 g/mol. The summed E-state index contributed by atoms with van der Waals surface area (Å²) in [5.41, 5.74) is -0.223. The van der Waals surface area contributed by atoms with Crippen molar-refractivity contribution in [1.29, 1.82) is 0 Å². The van der Waals surface area contributed by atoms with Gasteiger partial charge in [0.25, 0.3) is 5.56 Å². The summed E-state index contributed by atoms with van der Waals surface area (Å²) in [6.45, 7) is 5.54. The van der Waals surface area contributed by atoms with E-state index in [-0.39, 0.29) is 23.2 Å². The third-order valence-electron chi connectivity index (χ3n) is 6.54. The van der Waals surface area contributed by atoms with Gasteiger partial charge >= 0.3 is 6.18 Å². The normalized spacial score (nSPS) is 15.7. The Kier molecular flexibility index (Phi) is 8.17. The first-order chi connectivity index (χ1) is 18.2. The first-order valence-electron chi connectivity index (χ1n) is 12.5. The summed E-state index contributed by atoms with van der Waals surface area (Å²) < 4.78 is 79.4. The molecule has 0 saturated carbocycles. The minimum Gasteiger partial charge on any atom is -0.351 e. The number of sulfonamides is 1. The SMILES string of the molecule is CC(C)n1c(=O)c(-c2ccc(NS(=O)(=O)CCC(F)(F)F)c(F)c2)cc2cnc(NC3CCN(C)CC3)nc21. The molecule has 0 atom stereocenters. The number of likely N-dealkylation sites (tertiary alicyclic amines) is 1. The highest BCUT2D eigenvalue weighted by atomic mass is 32.2. The number of nitrogens with one attached hydrogen (secondary N) is 2. The Morgan fingerprint density at radius 2 is 1.85 bits per heavy atom. The maximum Gasteiger partial charge on any atom is 0.390 e. The van der Waals surface area contributed by atoms with Gasteiger partial charge in [-0.3, -0.25) is 14.1 Å². The third kappa shape index (κ3) is 7.04. The lowest BCUT2D eigenvalue weighted by atomic mass is 10.0. The molecule has 39 heavy (non-hydrogen) atoms. The number of benzene rings is 1. The summed E-state index contributed by atoms with van der Waals surface area (Å²) >= 11 is 0. The number of fused-ring (bicyclic) bond motifs is 1. The molecule has 2 N–H and O–H groups in total. The Labute approximate surface area is 223 Å². The second-order valence-electron chi connectivity index (χ2n) is 10.0. The fraction of sp³-hybridized carbons (Fsp3) is 0.480. The first-order valence-corrected chi connectivity index (χ1v) is 14.1. The van der Waals surface area contributed by atoms with Gasteiger partial charge in [-0.15, -0.1) is 0 Å². The molecule has 14 heteroatoms. The maximum atomic E-state index is 14.9. The second kappa shape index (κ2) is 11.1. The third-order valence-corrected chi connectivity index (χ3v) is 7.81. The van der Waals surface area contributed by atoms with Crippen molar-refractivity contribution in [3.05, 3.63) is 46.6 Å². The lowest BCUT2D eigenvalue weighted by Crippen LogP contribution is -2.37. The molecular weight excluding hydrogens is 540 g/mol. The minimum atomic E-state index is -4.67. The second-order valence-corrected chi connectivity index (χ2v) is 11.8. The lowest BCUT2D eigenvalue weighted by Gasteiger charge is -2.29. The molecule has 0 aliphatic carbocycles. The predicted octanol–water partition coefficient (Wildman–Crippen LogP) is 4.38. The van der Waals surface area contributed by atoms with E-state index < -0.39 is 45.4 Å². The van der Waals surface area contributed by atoms with Gasteiger partial charge in [0.1, 0.15) is 11.5 Å². The van der Waals surface area contributed by atoms with Crippen molar-refractivity contribution in [3.8, 4) is 11.1 Å². The first kappa shape index (κ1) is 28.7. The van der Waals surface area contributed by atoms with Crippen LogP contribution in [0.2, 0.25) is 0 Å². The number of alkyl halides is 3. The fourth-order valence-electron chi connectivity index (χ4n) is 4.45.